The van der Waals surface area contributed by atoms with Crippen LogP contribution in [0.3, 0.4) is 0 Å². The maximum atomic E-state index is 13.0. The summed E-state index contributed by atoms with van der Waals surface area (Å²) in [6.45, 7) is 5.79. The fourth-order valence-electron chi connectivity index (χ4n) is 3.70. The predicted molar refractivity (Wildman–Crippen MR) is 126 cm³/mol. The van der Waals surface area contributed by atoms with Gasteiger partial charge in [0, 0.05) is 44.0 Å². The van der Waals surface area contributed by atoms with Crippen molar-refractivity contribution in [3.8, 4) is 0 Å². The van der Waals surface area contributed by atoms with Crippen LogP contribution in [-0.2, 0) is 0 Å². The van der Waals surface area contributed by atoms with Crippen molar-refractivity contribution < 1.29 is 14.0 Å². The van der Waals surface area contributed by atoms with Gasteiger partial charge in [-0.15, -0.1) is 0 Å². The highest BCUT2D eigenvalue weighted by molar-refractivity contribution is 6.04. The smallest absolute Gasteiger partial charge is 0.291 e. The first-order valence-electron chi connectivity index (χ1n) is 10.8. The molecule has 32 heavy (non-hydrogen) atoms. The molecule has 0 radical (unpaired) electrons. The Morgan fingerprint density at radius 2 is 1.78 bits per heavy atom. The number of rotatable bonds is 6. The summed E-state index contributed by atoms with van der Waals surface area (Å²) in [7, 11) is 0. The topological polar surface area (TPSA) is 65.8 Å². The van der Waals surface area contributed by atoms with E-state index in [1.54, 1.807) is 18.2 Å². The molecule has 6 heteroatoms. The Hall–Kier alpha value is -3.64. The van der Waals surface area contributed by atoms with Crippen LogP contribution >= 0.6 is 0 Å². The van der Waals surface area contributed by atoms with Gasteiger partial charge in [-0.1, -0.05) is 48.6 Å². The molecular weight excluding hydrogens is 402 g/mol. The fraction of sp³-hybridized carbons (Fsp3) is 0.231. The van der Waals surface area contributed by atoms with Gasteiger partial charge in [0.15, 0.2) is 5.76 Å². The number of furan rings is 1. The highest BCUT2D eigenvalue weighted by Gasteiger charge is 2.22. The SMILES string of the molecule is Cc1ccc(C(=O)N2CCN(CC=Cc3ccccc3)CC2)cc1NC(=O)c1ccco1. The molecule has 2 amide bonds. The van der Waals surface area contributed by atoms with Gasteiger partial charge in [0.05, 0.1) is 6.26 Å². The number of nitrogens with one attached hydrogen (secondary N) is 1. The van der Waals surface area contributed by atoms with Gasteiger partial charge in [0.25, 0.3) is 11.8 Å². The molecule has 1 fully saturated rings. The van der Waals surface area contributed by atoms with Gasteiger partial charge < -0.3 is 14.6 Å². The predicted octanol–water partition coefficient (Wildman–Crippen LogP) is 4.31. The molecule has 1 N–H and O–H groups in total. The van der Waals surface area contributed by atoms with E-state index in [1.807, 2.05) is 42.2 Å². The summed E-state index contributed by atoms with van der Waals surface area (Å²) < 4.78 is 5.15. The molecule has 1 aliphatic heterocycles. The Kier molecular flexibility index (Phi) is 6.82. The fourth-order valence-corrected chi connectivity index (χ4v) is 3.70. The summed E-state index contributed by atoms with van der Waals surface area (Å²) in [4.78, 5) is 29.6. The van der Waals surface area contributed by atoms with E-state index in [9.17, 15) is 9.59 Å². The molecule has 2 heterocycles. The van der Waals surface area contributed by atoms with Crippen LogP contribution in [0.25, 0.3) is 6.08 Å². The second-order valence-electron chi connectivity index (χ2n) is 7.87. The van der Waals surface area contributed by atoms with Gasteiger partial charge >= 0.3 is 0 Å². The zero-order valence-corrected chi connectivity index (χ0v) is 18.2. The van der Waals surface area contributed by atoms with E-state index in [4.69, 9.17) is 4.42 Å². The molecule has 1 aliphatic rings. The van der Waals surface area contributed by atoms with Gasteiger partial charge in [-0.25, -0.2) is 0 Å². The largest absolute Gasteiger partial charge is 0.459 e. The highest BCUT2D eigenvalue weighted by atomic mass is 16.3. The van der Waals surface area contributed by atoms with Crippen LogP contribution in [0.2, 0.25) is 0 Å². The van der Waals surface area contributed by atoms with E-state index in [0.717, 1.165) is 25.2 Å². The van der Waals surface area contributed by atoms with E-state index in [0.29, 0.717) is 24.3 Å². The number of carbonyl (C=O) groups excluding carboxylic acids is 2. The molecule has 164 valence electrons. The normalized spacial score (nSPS) is 14.6. The summed E-state index contributed by atoms with van der Waals surface area (Å²) in [6.07, 6.45) is 5.75. The zero-order chi connectivity index (χ0) is 22.3. The van der Waals surface area contributed by atoms with E-state index >= 15 is 0 Å². The number of amides is 2. The summed E-state index contributed by atoms with van der Waals surface area (Å²) in [5.41, 5.74) is 3.26. The van der Waals surface area contributed by atoms with Crippen molar-refractivity contribution in [2.75, 3.05) is 38.0 Å². The first-order valence-corrected chi connectivity index (χ1v) is 10.8. The molecule has 0 bridgehead atoms. The van der Waals surface area contributed by atoms with E-state index in [1.165, 1.54) is 11.8 Å². The summed E-state index contributed by atoms with van der Waals surface area (Å²) in [5.74, 6) is -0.114. The Bertz CT molecular complexity index is 1080. The molecule has 1 saturated heterocycles. The first kappa shape index (κ1) is 21.6. The quantitative estimate of drug-likeness (QED) is 0.634. The molecular formula is C26H27N3O3. The maximum absolute atomic E-state index is 13.0. The third-order valence-electron chi connectivity index (χ3n) is 5.61. The van der Waals surface area contributed by atoms with Crippen molar-refractivity contribution in [3.63, 3.8) is 0 Å². The molecule has 0 atom stereocenters. The third kappa shape index (κ3) is 5.34. The molecule has 0 spiro atoms. The van der Waals surface area contributed by atoms with Crippen LogP contribution in [0.1, 0.15) is 32.0 Å². The minimum Gasteiger partial charge on any atom is -0.459 e. The summed E-state index contributed by atoms with van der Waals surface area (Å²) in [6, 6.07) is 18.9. The van der Waals surface area contributed by atoms with Crippen LogP contribution in [0, 0.1) is 6.92 Å². The second kappa shape index (κ2) is 10.1. The van der Waals surface area contributed by atoms with Gasteiger partial charge in [-0.05, 0) is 42.3 Å². The molecule has 0 unspecified atom stereocenters. The minimum absolute atomic E-state index is 0.0158. The Labute approximate surface area is 188 Å². The molecule has 1 aromatic heterocycles. The van der Waals surface area contributed by atoms with Gasteiger partial charge in [0.1, 0.15) is 0 Å². The monoisotopic (exact) mass is 429 g/mol. The van der Waals surface area contributed by atoms with Crippen LogP contribution in [0.5, 0.6) is 0 Å². The van der Waals surface area contributed by atoms with Crippen molar-refractivity contribution >= 4 is 23.6 Å². The lowest BCUT2D eigenvalue weighted by atomic mass is 10.1. The van der Waals surface area contributed by atoms with Gasteiger partial charge in [-0.3, -0.25) is 14.5 Å². The van der Waals surface area contributed by atoms with Crippen molar-refractivity contribution in [2.45, 2.75) is 6.92 Å². The van der Waals surface area contributed by atoms with Crippen LogP contribution in [0.4, 0.5) is 5.69 Å². The molecule has 2 aromatic carbocycles. The highest BCUT2D eigenvalue weighted by Crippen LogP contribution is 2.20. The first-order chi connectivity index (χ1) is 15.6. The number of aryl methyl sites for hydroxylation is 1. The van der Waals surface area contributed by atoms with Crippen molar-refractivity contribution in [1.29, 1.82) is 0 Å². The molecule has 3 aromatic rings. The standard InChI is InChI=1S/C26H27N3O3/c1-20-11-12-22(19-23(20)27-25(30)24-10-6-18-32-24)26(31)29-16-14-28(15-17-29)13-5-9-21-7-3-2-4-8-21/h2-12,18-19H,13-17H2,1H3,(H,27,30). The molecule has 0 aliphatic carbocycles. The number of carbonyl (C=O) groups is 2. The van der Waals surface area contributed by atoms with Crippen molar-refractivity contribution in [3.05, 3.63) is 95.5 Å². The maximum Gasteiger partial charge on any atom is 0.291 e. The van der Waals surface area contributed by atoms with Crippen molar-refractivity contribution in [2.24, 2.45) is 0 Å². The van der Waals surface area contributed by atoms with E-state index < -0.39 is 0 Å². The van der Waals surface area contributed by atoms with Crippen LogP contribution in [-0.4, -0.2) is 54.3 Å². The molecule has 6 nitrogen and oxygen atoms in total. The van der Waals surface area contributed by atoms with Gasteiger partial charge in [-0.2, -0.15) is 0 Å². The Morgan fingerprint density at radius 3 is 2.50 bits per heavy atom. The number of piperazine rings is 1. The lowest BCUT2D eigenvalue weighted by Crippen LogP contribution is -2.48. The molecule has 4 rings (SSSR count). The average molecular weight is 430 g/mol. The number of anilines is 1. The third-order valence-corrected chi connectivity index (χ3v) is 5.61. The minimum atomic E-state index is -0.333. The van der Waals surface area contributed by atoms with E-state index in [2.05, 4.69) is 34.5 Å². The second-order valence-corrected chi connectivity index (χ2v) is 7.87. The summed E-state index contributed by atoms with van der Waals surface area (Å²) in [5, 5.41) is 2.84. The number of hydrogen-bond donors (Lipinski definition) is 1. The zero-order valence-electron chi connectivity index (χ0n) is 18.2. The number of benzene rings is 2. The van der Waals surface area contributed by atoms with Crippen molar-refractivity contribution in [1.82, 2.24) is 9.80 Å². The summed E-state index contributed by atoms with van der Waals surface area (Å²) >= 11 is 0. The molecule has 0 saturated carbocycles. The number of nitrogens with zero attached hydrogens (tertiary/aromatic N) is 2. The Balaban J connectivity index is 1.33. The van der Waals surface area contributed by atoms with Gasteiger partial charge in [0.2, 0.25) is 0 Å². The lowest BCUT2D eigenvalue weighted by molar-refractivity contribution is 0.0650. The average Bonchev–Trinajstić information content (AvgIpc) is 3.36. The Morgan fingerprint density at radius 1 is 1.00 bits per heavy atom. The van der Waals surface area contributed by atoms with Crippen LogP contribution < -0.4 is 5.32 Å². The lowest BCUT2D eigenvalue weighted by Gasteiger charge is -2.34. The van der Waals surface area contributed by atoms with Crippen LogP contribution in [0.15, 0.2) is 77.4 Å². The number of hydrogen-bond acceptors (Lipinski definition) is 4. The van der Waals surface area contributed by atoms with E-state index in [-0.39, 0.29) is 17.6 Å².